The molecular formula is C13H15N3O2. The molecule has 1 aromatic rings. The fourth-order valence-electron chi connectivity index (χ4n) is 1.47. The van der Waals surface area contributed by atoms with Crippen molar-refractivity contribution in [3.63, 3.8) is 0 Å². The molecule has 0 radical (unpaired) electrons. The highest BCUT2D eigenvalue weighted by Crippen LogP contribution is 2.12. The van der Waals surface area contributed by atoms with Gasteiger partial charge in [0.2, 0.25) is 0 Å². The SMILES string of the molecule is COC(=O)Cc1ccccc1C=CCCN=[N+]=[N-]. The van der Waals surface area contributed by atoms with Gasteiger partial charge in [-0.3, -0.25) is 4.79 Å². The average molecular weight is 245 g/mol. The Morgan fingerprint density at radius 3 is 3.00 bits per heavy atom. The zero-order valence-electron chi connectivity index (χ0n) is 10.2. The minimum Gasteiger partial charge on any atom is -0.469 e. The molecule has 5 heteroatoms. The molecule has 0 heterocycles. The third-order valence-corrected chi connectivity index (χ3v) is 2.37. The van der Waals surface area contributed by atoms with E-state index in [1.54, 1.807) is 0 Å². The molecule has 1 rings (SSSR count). The van der Waals surface area contributed by atoms with Crippen LogP contribution >= 0.6 is 0 Å². The molecule has 0 N–H and O–H groups in total. The Morgan fingerprint density at radius 1 is 1.50 bits per heavy atom. The Labute approximate surface area is 106 Å². The second-order valence-corrected chi connectivity index (χ2v) is 3.60. The molecule has 0 aliphatic heterocycles. The van der Waals surface area contributed by atoms with Crippen LogP contribution in [0.3, 0.4) is 0 Å². The summed E-state index contributed by atoms with van der Waals surface area (Å²) >= 11 is 0. The fraction of sp³-hybridized carbons (Fsp3) is 0.308. The molecule has 0 aliphatic rings. The van der Waals surface area contributed by atoms with Crippen LogP contribution in [-0.4, -0.2) is 19.6 Å². The van der Waals surface area contributed by atoms with Gasteiger partial charge >= 0.3 is 5.97 Å². The van der Waals surface area contributed by atoms with Crippen molar-refractivity contribution in [1.82, 2.24) is 0 Å². The van der Waals surface area contributed by atoms with E-state index < -0.39 is 0 Å². The molecule has 0 unspecified atom stereocenters. The summed E-state index contributed by atoms with van der Waals surface area (Å²) in [5.41, 5.74) is 10.0. The van der Waals surface area contributed by atoms with Gasteiger partial charge in [-0.15, -0.1) is 0 Å². The smallest absolute Gasteiger partial charge is 0.309 e. The summed E-state index contributed by atoms with van der Waals surface area (Å²) in [6.07, 6.45) is 4.78. The topological polar surface area (TPSA) is 75.1 Å². The molecule has 0 amide bonds. The van der Waals surface area contributed by atoms with Gasteiger partial charge in [0.05, 0.1) is 13.5 Å². The van der Waals surface area contributed by atoms with E-state index >= 15 is 0 Å². The van der Waals surface area contributed by atoms with E-state index in [1.807, 2.05) is 36.4 Å². The summed E-state index contributed by atoms with van der Waals surface area (Å²) < 4.78 is 4.65. The first-order valence-corrected chi connectivity index (χ1v) is 5.60. The molecule has 1 aromatic carbocycles. The molecule has 0 saturated heterocycles. The van der Waals surface area contributed by atoms with Gasteiger partial charge in [-0.1, -0.05) is 41.5 Å². The lowest BCUT2D eigenvalue weighted by molar-refractivity contribution is -0.139. The highest BCUT2D eigenvalue weighted by Gasteiger charge is 2.05. The van der Waals surface area contributed by atoms with E-state index in [-0.39, 0.29) is 12.4 Å². The number of rotatable bonds is 6. The maximum atomic E-state index is 11.2. The lowest BCUT2D eigenvalue weighted by atomic mass is 10.0. The Hall–Kier alpha value is -2.26. The first-order chi connectivity index (χ1) is 8.77. The van der Waals surface area contributed by atoms with Crippen molar-refractivity contribution in [3.8, 4) is 0 Å². The molecule has 0 spiro atoms. The van der Waals surface area contributed by atoms with Crippen molar-refractivity contribution >= 4 is 12.0 Å². The van der Waals surface area contributed by atoms with Crippen LogP contribution in [0, 0.1) is 0 Å². The van der Waals surface area contributed by atoms with Gasteiger partial charge in [-0.2, -0.15) is 0 Å². The van der Waals surface area contributed by atoms with E-state index in [9.17, 15) is 4.79 Å². The minimum atomic E-state index is -0.259. The number of benzene rings is 1. The van der Waals surface area contributed by atoms with E-state index in [0.29, 0.717) is 13.0 Å². The highest BCUT2D eigenvalue weighted by atomic mass is 16.5. The average Bonchev–Trinajstić information content (AvgIpc) is 2.40. The van der Waals surface area contributed by atoms with E-state index in [0.717, 1.165) is 11.1 Å². The lowest BCUT2D eigenvalue weighted by Gasteiger charge is -2.04. The summed E-state index contributed by atoms with van der Waals surface area (Å²) in [4.78, 5) is 13.9. The molecular weight excluding hydrogens is 230 g/mol. The maximum Gasteiger partial charge on any atom is 0.309 e. The van der Waals surface area contributed by atoms with Crippen molar-refractivity contribution in [3.05, 3.63) is 51.9 Å². The molecule has 0 aromatic heterocycles. The predicted molar refractivity (Wildman–Crippen MR) is 69.8 cm³/mol. The third kappa shape index (κ3) is 4.72. The minimum absolute atomic E-state index is 0.257. The Bertz CT molecular complexity index is 477. The molecule has 0 atom stereocenters. The quantitative estimate of drug-likeness (QED) is 0.254. The van der Waals surface area contributed by atoms with Crippen LogP contribution < -0.4 is 0 Å². The van der Waals surface area contributed by atoms with E-state index in [4.69, 9.17) is 5.53 Å². The normalized spacial score (nSPS) is 10.1. The Morgan fingerprint density at radius 2 is 2.28 bits per heavy atom. The van der Waals surface area contributed by atoms with Gasteiger partial charge in [0, 0.05) is 11.5 Å². The zero-order valence-corrected chi connectivity index (χ0v) is 10.2. The Balaban J connectivity index is 2.69. The molecule has 0 fully saturated rings. The van der Waals surface area contributed by atoms with Crippen LogP contribution in [-0.2, 0) is 16.0 Å². The van der Waals surface area contributed by atoms with Gasteiger partial charge < -0.3 is 4.74 Å². The number of ether oxygens (including phenoxy) is 1. The van der Waals surface area contributed by atoms with Crippen LogP contribution in [0.2, 0.25) is 0 Å². The number of esters is 1. The number of hydrogen-bond donors (Lipinski definition) is 0. The predicted octanol–water partition coefficient (Wildman–Crippen LogP) is 3.12. The molecule has 5 nitrogen and oxygen atoms in total. The van der Waals surface area contributed by atoms with Crippen molar-refractivity contribution in [2.24, 2.45) is 5.11 Å². The highest BCUT2D eigenvalue weighted by molar-refractivity contribution is 5.74. The second-order valence-electron chi connectivity index (χ2n) is 3.60. The zero-order chi connectivity index (χ0) is 13.2. The number of carbonyl (C=O) groups excluding carboxylic acids is 1. The second kappa shape index (κ2) is 7.92. The monoisotopic (exact) mass is 245 g/mol. The van der Waals surface area contributed by atoms with Crippen molar-refractivity contribution in [2.45, 2.75) is 12.8 Å². The summed E-state index contributed by atoms with van der Waals surface area (Å²) in [5.74, 6) is -0.259. The summed E-state index contributed by atoms with van der Waals surface area (Å²) in [5, 5.41) is 3.44. The summed E-state index contributed by atoms with van der Waals surface area (Å²) in [6, 6.07) is 7.62. The van der Waals surface area contributed by atoms with Crippen molar-refractivity contribution in [2.75, 3.05) is 13.7 Å². The maximum absolute atomic E-state index is 11.2. The van der Waals surface area contributed by atoms with E-state index in [1.165, 1.54) is 7.11 Å². The number of carbonyl (C=O) groups is 1. The molecule has 18 heavy (non-hydrogen) atoms. The van der Waals surface area contributed by atoms with Crippen LogP contribution in [0.1, 0.15) is 17.5 Å². The number of methoxy groups -OCH3 is 1. The van der Waals surface area contributed by atoms with Crippen LogP contribution in [0.5, 0.6) is 0 Å². The van der Waals surface area contributed by atoms with Crippen molar-refractivity contribution in [1.29, 1.82) is 0 Å². The van der Waals surface area contributed by atoms with Crippen LogP contribution in [0.25, 0.3) is 16.5 Å². The number of nitrogens with zero attached hydrogens (tertiary/aromatic N) is 3. The lowest BCUT2D eigenvalue weighted by Crippen LogP contribution is -2.05. The summed E-state index contributed by atoms with van der Waals surface area (Å²) in [7, 11) is 1.38. The summed E-state index contributed by atoms with van der Waals surface area (Å²) in [6.45, 7) is 0.437. The van der Waals surface area contributed by atoms with E-state index in [2.05, 4.69) is 14.8 Å². The standard InChI is InChI=1S/C13H15N3O2/c1-18-13(17)10-12-8-3-2-6-11(12)7-4-5-9-15-16-14/h2-4,6-8H,5,9-10H2,1H3. The van der Waals surface area contributed by atoms with Crippen LogP contribution in [0.4, 0.5) is 0 Å². The third-order valence-electron chi connectivity index (χ3n) is 2.37. The van der Waals surface area contributed by atoms with Gasteiger partial charge in [0.1, 0.15) is 0 Å². The molecule has 0 aliphatic carbocycles. The van der Waals surface area contributed by atoms with Gasteiger partial charge in [-0.25, -0.2) is 0 Å². The fourth-order valence-corrected chi connectivity index (χ4v) is 1.47. The largest absolute Gasteiger partial charge is 0.469 e. The number of hydrogen-bond acceptors (Lipinski definition) is 3. The van der Waals surface area contributed by atoms with Gasteiger partial charge in [0.25, 0.3) is 0 Å². The van der Waals surface area contributed by atoms with Crippen LogP contribution in [0.15, 0.2) is 35.5 Å². The molecule has 0 bridgehead atoms. The molecule has 94 valence electrons. The molecule has 0 saturated carbocycles. The van der Waals surface area contributed by atoms with Gasteiger partial charge in [-0.05, 0) is 23.1 Å². The first kappa shape index (κ1) is 13.8. The van der Waals surface area contributed by atoms with Gasteiger partial charge in [0.15, 0.2) is 0 Å². The number of azide groups is 1. The van der Waals surface area contributed by atoms with Crippen molar-refractivity contribution < 1.29 is 9.53 Å². The Kier molecular flexibility index (Phi) is 6.08. The first-order valence-electron chi connectivity index (χ1n) is 5.60.